The number of H-pyrrole nitrogens is 1. The number of benzene rings is 2. The van der Waals surface area contributed by atoms with Crippen molar-refractivity contribution in [2.45, 2.75) is 6.92 Å². The summed E-state index contributed by atoms with van der Waals surface area (Å²) < 4.78 is 8.65. The minimum atomic E-state index is -0.0520. The standard InChI is InChI=1S/C25H23N5O2/c1-15-6-5-7-16(10-15)22-23(28-24(27-22)18-11-19(32-4)14-26-13-18)17-8-9-20-21(12-17)30(3)25(31)29(20)2/h5-14H,1-4H3,(H,27,28). The number of aryl methyl sites for hydroxylation is 3. The number of ether oxygens (including phenoxy) is 1. The van der Waals surface area contributed by atoms with E-state index in [4.69, 9.17) is 9.72 Å². The Kier molecular flexibility index (Phi) is 4.66. The van der Waals surface area contributed by atoms with Crippen LogP contribution < -0.4 is 10.4 Å². The van der Waals surface area contributed by atoms with E-state index >= 15 is 0 Å². The zero-order chi connectivity index (χ0) is 22.4. The van der Waals surface area contributed by atoms with E-state index in [1.165, 1.54) is 0 Å². The molecule has 7 heteroatoms. The summed E-state index contributed by atoms with van der Waals surface area (Å²) in [6.07, 6.45) is 3.42. The summed E-state index contributed by atoms with van der Waals surface area (Å²) in [6.45, 7) is 2.06. The fourth-order valence-corrected chi connectivity index (χ4v) is 4.04. The Balaban J connectivity index is 1.75. The molecule has 160 valence electrons. The molecule has 0 unspecified atom stereocenters. The number of pyridine rings is 1. The first-order valence-corrected chi connectivity index (χ1v) is 10.3. The van der Waals surface area contributed by atoms with Gasteiger partial charge >= 0.3 is 5.69 Å². The third-order valence-electron chi connectivity index (χ3n) is 5.78. The molecular weight excluding hydrogens is 402 g/mol. The van der Waals surface area contributed by atoms with E-state index in [9.17, 15) is 4.79 Å². The van der Waals surface area contributed by atoms with E-state index in [2.05, 4.69) is 35.1 Å². The summed E-state index contributed by atoms with van der Waals surface area (Å²) in [5, 5.41) is 0. The summed E-state index contributed by atoms with van der Waals surface area (Å²) in [7, 11) is 5.19. The van der Waals surface area contributed by atoms with E-state index in [-0.39, 0.29) is 5.69 Å². The number of nitrogens with one attached hydrogen (secondary N) is 1. The second-order valence-electron chi connectivity index (χ2n) is 7.90. The van der Waals surface area contributed by atoms with Gasteiger partial charge in [0.2, 0.25) is 0 Å². The van der Waals surface area contributed by atoms with Crippen LogP contribution in [0.1, 0.15) is 5.56 Å². The molecule has 5 rings (SSSR count). The smallest absolute Gasteiger partial charge is 0.328 e. The molecule has 5 aromatic rings. The van der Waals surface area contributed by atoms with Crippen LogP contribution in [0.4, 0.5) is 0 Å². The van der Waals surface area contributed by atoms with Gasteiger partial charge in [-0.2, -0.15) is 0 Å². The Bertz CT molecular complexity index is 1520. The average Bonchev–Trinajstić information content (AvgIpc) is 3.35. The van der Waals surface area contributed by atoms with Gasteiger partial charge in [-0.3, -0.25) is 14.1 Å². The Hall–Kier alpha value is -4.13. The Morgan fingerprint density at radius 1 is 0.906 bits per heavy atom. The maximum absolute atomic E-state index is 12.4. The number of aromatic amines is 1. The quantitative estimate of drug-likeness (QED) is 0.465. The lowest BCUT2D eigenvalue weighted by molar-refractivity contribution is 0.413. The molecule has 0 fully saturated rings. The van der Waals surface area contributed by atoms with Gasteiger partial charge in [0.05, 0.1) is 35.7 Å². The summed E-state index contributed by atoms with van der Waals surface area (Å²) in [6, 6.07) is 16.2. The van der Waals surface area contributed by atoms with Crippen LogP contribution in [-0.2, 0) is 14.1 Å². The zero-order valence-corrected chi connectivity index (χ0v) is 18.4. The molecule has 0 aliphatic heterocycles. The first-order valence-electron chi connectivity index (χ1n) is 10.3. The first-order chi connectivity index (χ1) is 15.5. The second kappa shape index (κ2) is 7.53. The molecular formula is C25H23N5O2. The Labute approximate surface area is 185 Å². The SMILES string of the molecule is COc1cncc(-c2nc(-c3cccc(C)c3)c(-c3ccc4c(c3)n(C)c(=O)n4C)[nH]2)c1. The molecule has 0 aliphatic carbocycles. The molecule has 0 radical (unpaired) electrons. The number of imidazole rings is 2. The van der Waals surface area contributed by atoms with Crippen LogP contribution >= 0.6 is 0 Å². The largest absolute Gasteiger partial charge is 0.495 e. The average molecular weight is 425 g/mol. The van der Waals surface area contributed by atoms with E-state index in [1.807, 2.05) is 30.3 Å². The van der Waals surface area contributed by atoms with Crippen LogP contribution in [0, 0.1) is 6.92 Å². The molecule has 0 aliphatic rings. The van der Waals surface area contributed by atoms with Crippen molar-refractivity contribution in [3.63, 3.8) is 0 Å². The summed E-state index contributed by atoms with van der Waals surface area (Å²) in [4.78, 5) is 25.1. The molecule has 2 aromatic carbocycles. The molecule has 0 atom stereocenters. The Morgan fingerprint density at radius 2 is 1.72 bits per heavy atom. The fourth-order valence-electron chi connectivity index (χ4n) is 4.04. The summed E-state index contributed by atoms with van der Waals surface area (Å²) in [5.74, 6) is 1.36. The van der Waals surface area contributed by atoms with Gasteiger partial charge in [0.1, 0.15) is 11.6 Å². The predicted molar refractivity (Wildman–Crippen MR) is 126 cm³/mol. The van der Waals surface area contributed by atoms with Gasteiger partial charge in [-0.25, -0.2) is 9.78 Å². The van der Waals surface area contributed by atoms with Crippen molar-refractivity contribution in [1.82, 2.24) is 24.1 Å². The van der Waals surface area contributed by atoms with Crippen molar-refractivity contribution in [2.75, 3.05) is 7.11 Å². The lowest BCUT2D eigenvalue weighted by atomic mass is 10.0. The van der Waals surface area contributed by atoms with Crippen LogP contribution in [-0.4, -0.2) is 31.2 Å². The van der Waals surface area contributed by atoms with Crippen LogP contribution in [0.25, 0.3) is 44.9 Å². The minimum absolute atomic E-state index is 0.0520. The lowest BCUT2D eigenvalue weighted by Gasteiger charge is -2.05. The molecule has 0 saturated heterocycles. The molecule has 0 spiro atoms. The highest BCUT2D eigenvalue weighted by Gasteiger charge is 2.18. The highest BCUT2D eigenvalue weighted by molar-refractivity contribution is 5.87. The lowest BCUT2D eigenvalue weighted by Crippen LogP contribution is -2.19. The minimum Gasteiger partial charge on any atom is -0.495 e. The van der Waals surface area contributed by atoms with Crippen molar-refractivity contribution >= 4 is 11.0 Å². The second-order valence-corrected chi connectivity index (χ2v) is 7.90. The monoisotopic (exact) mass is 425 g/mol. The third-order valence-corrected chi connectivity index (χ3v) is 5.78. The van der Waals surface area contributed by atoms with Gasteiger partial charge in [0.25, 0.3) is 0 Å². The van der Waals surface area contributed by atoms with Gasteiger partial charge in [-0.05, 0) is 31.2 Å². The predicted octanol–water partition coefficient (Wildman–Crippen LogP) is 4.31. The molecule has 32 heavy (non-hydrogen) atoms. The number of aromatic nitrogens is 5. The number of hydrogen-bond acceptors (Lipinski definition) is 4. The maximum Gasteiger partial charge on any atom is 0.328 e. The maximum atomic E-state index is 12.4. The molecule has 7 nitrogen and oxygen atoms in total. The van der Waals surface area contributed by atoms with E-state index < -0.39 is 0 Å². The molecule has 0 saturated carbocycles. The molecule has 0 amide bonds. The van der Waals surface area contributed by atoms with Crippen LogP contribution in [0.15, 0.2) is 65.7 Å². The van der Waals surface area contributed by atoms with Gasteiger partial charge in [0.15, 0.2) is 0 Å². The number of nitrogens with zero attached hydrogens (tertiary/aromatic N) is 4. The highest BCUT2D eigenvalue weighted by atomic mass is 16.5. The molecule has 0 bridgehead atoms. The van der Waals surface area contributed by atoms with Crippen molar-refractivity contribution in [3.8, 4) is 39.7 Å². The number of fused-ring (bicyclic) bond motifs is 1. The molecule has 1 N–H and O–H groups in total. The zero-order valence-electron chi connectivity index (χ0n) is 18.4. The van der Waals surface area contributed by atoms with Gasteiger partial charge in [-0.1, -0.05) is 29.8 Å². The van der Waals surface area contributed by atoms with Crippen molar-refractivity contribution in [1.29, 1.82) is 0 Å². The fraction of sp³-hybridized carbons (Fsp3) is 0.160. The molecule has 3 aromatic heterocycles. The van der Waals surface area contributed by atoms with Crippen molar-refractivity contribution < 1.29 is 4.74 Å². The van der Waals surface area contributed by atoms with Crippen LogP contribution in [0.2, 0.25) is 0 Å². The first kappa shape index (κ1) is 19.8. The summed E-state index contributed by atoms with van der Waals surface area (Å²) >= 11 is 0. The van der Waals surface area contributed by atoms with E-state index in [1.54, 1.807) is 42.7 Å². The number of hydrogen-bond donors (Lipinski definition) is 1. The number of rotatable bonds is 4. The van der Waals surface area contributed by atoms with Gasteiger partial charge in [-0.15, -0.1) is 0 Å². The van der Waals surface area contributed by atoms with Gasteiger partial charge in [0, 0.05) is 37.0 Å². The number of methoxy groups -OCH3 is 1. The van der Waals surface area contributed by atoms with E-state index in [0.29, 0.717) is 11.6 Å². The van der Waals surface area contributed by atoms with E-state index in [0.717, 1.165) is 44.7 Å². The molecule has 3 heterocycles. The van der Waals surface area contributed by atoms with Gasteiger partial charge < -0.3 is 9.72 Å². The Morgan fingerprint density at radius 3 is 2.50 bits per heavy atom. The van der Waals surface area contributed by atoms with Crippen LogP contribution in [0.5, 0.6) is 5.75 Å². The van der Waals surface area contributed by atoms with Crippen molar-refractivity contribution in [3.05, 3.63) is 77.0 Å². The normalized spacial score (nSPS) is 11.2. The van der Waals surface area contributed by atoms with Crippen molar-refractivity contribution in [2.24, 2.45) is 14.1 Å². The topological polar surface area (TPSA) is 77.7 Å². The summed E-state index contributed by atoms with van der Waals surface area (Å²) in [5.41, 5.74) is 7.37. The third kappa shape index (κ3) is 3.19. The highest BCUT2D eigenvalue weighted by Crippen LogP contribution is 2.35. The van der Waals surface area contributed by atoms with Crippen LogP contribution in [0.3, 0.4) is 0 Å².